The van der Waals surface area contributed by atoms with Crippen molar-refractivity contribution in [2.45, 2.75) is 25.4 Å². The molecule has 1 aliphatic carbocycles. The first-order valence-electron chi connectivity index (χ1n) is 5.85. The summed E-state index contributed by atoms with van der Waals surface area (Å²) in [7, 11) is 0. The van der Waals surface area contributed by atoms with E-state index in [1.54, 1.807) is 0 Å². The van der Waals surface area contributed by atoms with Gasteiger partial charge in [0.2, 0.25) is 10.1 Å². The zero-order valence-corrected chi connectivity index (χ0v) is 10.5. The van der Waals surface area contributed by atoms with Gasteiger partial charge in [-0.1, -0.05) is 17.8 Å². The molecule has 1 saturated carbocycles. The number of hydrogen-bond acceptors (Lipinski definition) is 5. The third-order valence-corrected chi connectivity index (χ3v) is 4.23. The van der Waals surface area contributed by atoms with E-state index >= 15 is 0 Å². The van der Waals surface area contributed by atoms with E-state index < -0.39 is 11.2 Å². The highest BCUT2D eigenvalue weighted by Crippen LogP contribution is 2.34. The van der Waals surface area contributed by atoms with E-state index in [-0.39, 0.29) is 5.13 Å². The normalized spacial score (nSPS) is 24.4. The summed E-state index contributed by atoms with van der Waals surface area (Å²) < 4.78 is 37.0. The van der Waals surface area contributed by atoms with Gasteiger partial charge in [-0.2, -0.15) is 13.2 Å². The van der Waals surface area contributed by atoms with Crippen LogP contribution >= 0.6 is 11.3 Å². The molecule has 1 aromatic heterocycles. The first-order chi connectivity index (χ1) is 8.50. The van der Waals surface area contributed by atoms with Crippen LogP contribution in [-0.4, -0.2) is 23.3 Å². The van der Waals surface area contributed by atoms with Crippen molar-refractivity contribution < 1.29 is 13.2 Å². The zero-order valence-electron chi connectivity index (χ0n) is 9.70. The topological polar surface area (TPSA) is 63.8 Å². The molecule has 0 saturated heterocycles. The van der Waals surface area contributed by atoms with E-state index in [0.717, 1.165) is 19.3 Å². The molecule has 1 aliphatic rings. The van der Waals surface area contributed by atoms with Crippen LogP contribution in [0.15, 0.2) is 0 Å². The van der Waals surface area contributed by atoms with E-state index in [1.165, 1.54) is 0 Å². The summed E-state index contributed by atoms with van der Waals surface area (Å²) in [6.45, 7) is 1.25. The summed E-state index contributed by atoms with van der Waals surface area (Å²) in [4.78, 5) is 0. The Morgan fingerprint density at radius 2 is 2.00 bits per heavy atom. The minimum Gasteiger partial charge on any atom is -0.360 e. The number of halogens is 3. The van der Waals surface area contributed by atoms with Crippen LogP contribution in [0.2, 0.25) is 0 Å². The van der Waals surface area contributed by atoms with Crippen molar-refractivity contribution >= 4 is 16.5 Å². The summed E-state index contributed by atoms with van der Waals surface area (Å²) in [5, 5.41) is 8.88. The Morgan fingerprint density at radius 3 is 2.61 bits per heavy atom. The second-order valence-electron chi connectivity index (χ2n) is 4.48. The number of rotatable bonds is 4. The van der Waals surface area contributed by atoms with E-state index in [2.05, 4.69) is 15.5 Å². The SMILES string of the molecule is NCC1CCCC1CNc1nnc(C(F)(F)F)s1. The van der Waals surface area contributed by atoms with Gasteiger partial charge in [0, 0.05) is 6.54 Å². The molecule has 2 atom stereocenters. The zero-order chi connectivity index (χ0) is 13.2. The standard InChI is InChI=1S/C10H15F3N4S/c11-10(12,13)8-16-17-9(18-8)15-5-7-3-1-2-6(7)4-14/h6-7H,1-5,14H2,(H,15,17). The highest BCUT2D eigenvalue weighted by atomic mass is 32.1. The van der Waals surface area contributed by atoms with Gasteiger partial charge in [0.05, 0.1) is 0 Å². The molecular formula is C10H15F3N4S. The van der Waals surface area contributed by atoms with Crippen molar-refractivity contribution in [3.63, 3.8) is 0 Å². The van der Waals surface area contributed by atoms with Crippen LogP contribution in [0.1, 0.15) is 24.3 Å². The predicted octanol–water partition coefficient (Wildman–Crippen LogP) is 2.34. The second-order valence-corrected chi connectivity index (χ2v) is 5.46. The molecule has 3 N–H and O–H groups in total. The van der Waals surface area contributed by atoms with Gasteiger partial charge in [-0.25, -0.2) is 0 Å². The molecule has 4 nitrogen and oxygen atoms in total. The summed E-state index contributed by atoms with van der Waals surface area (Å²) in [6.07, 6.45) is -1.10. The van der Waals surface area contributed by atoms with Gasteiger partial charge >= 0.3 is 6.18 Å². The van der Waals surface area contributed by atoms with E-state index in [1.807, 2.05) is 0 Å². The third-order valence-electron chi connectivity index (χ3n) is 3.30. The molecule has 0 amide bonds. The Labute approximate surface area is 107 Å². The molecule has 18 heavy (non-hydrogen) atoms. The number of hydrogen-bond donors (Lipinski definition) is 2. The van der Waals surface area contributed by atoms with Gasteiger partial charge < -0.3 is 11.1 Å². The lowest BCUT2D eigenvalue weighted by atomic mass is 9.96. The van der Waals surface area contributed by atoms with Crippen molar-refractivity contribution in [3.05, 3.63) is 5.01 Å². The van der Waals surface area contributed by atoms with Crippen LogP contribution in [0.3, 0.4) is 0 Å². The Morgan fingerprint density at radius 1 is 1.28 bits per heavy atom. The minimum absolute atomic E-state index is 0.227. The molecule has 0 spiro atoms. The molecule has 0 radical (unpaired) electrons. The van der Waals surface area contributed by atoms with Crippen molar-refractivity contribution in [2.24, 2.45) is 17.6 Å². The number of nitrogens with zero attached hydrogens (tertiary/aromatic N) is 2. The third kappa shape index (κ3) is 3.11. The highest BCUT2D eigenvalue weighted by Gasteiger charge is 2.35. The first kappa shape index (κ1) is 13.5. The fourth-order valence-electron chi connectivity index (χ4n) is 2.32. The molecular weight excluding hydrogens is 265 g/mol. The fourth-order valence-corrected chi connectivity index (χ4v) is 2.94. The maximum absolute atomic E-state index is 12.3. The van der Waals surface area contributed by atoms with E-state index in [9.17, 15) is 13.2 Å². The van der Waals surface area contributed by atoms with Crippen LogP contribution < -0.4 is 11.1 Å². The van der Waals surface area contributed by atoms with Crippen molar-refractivity contribution in [3.8, 4) is 0 Å². The summed E-state index contributed by atoms with van der Waals surface area (Å²) in [6, 6.07) is 0. The number of nitrogens with two attached hydrogens (primary N) is 1. The minimum atomic E-state index is -4.41. The molecule has 2 rings (SSSR count). The maximum atomic E-state index is 12.3. The average Bonchev–Trinajstić information content (AvgIpc) is 2.94. The van der Waals surface area contributed by atoms with Gasteiger partial charge in [0.25, 0.3) is 0 Å². The Balaban J connectivity index is 1.89. The summed E-state index contributed by atoms with van der Waals surface area (Å²) in [5.41, 5.74) is 5.65. The lowest BCUT2D eigenvalue weighted by Crippen LogP contribution is -2.24. The smallest absolute Gasteiger partial charge is 0.360 e. The first-order valence-corrected chi connectivity index (χ1v) is 6.67. The van der Waals surface area contributed by atoms with Crippen LogP contribution in [-0.2, 0) is 6.18 Å². The van der Waals surface area contributed by atoms with Gasteiger partial charge in [-0.15, -0.1) is 10.2 Å². The van der Waals surface area contributed by atoms with Crippen molar-refractivity contribution in [1.29, 1.82) is 0 Å². The lowest BCUT2D eigenvalue weighted by Gasteiger charge is -2.17. The lowest BCUT2D eigenvalue weighted by molar-refractivity contribution is -0.138. The molecule has 1 fully saturated rings. The number of alkyl halides is 3. The van der Waals surface area contributed by atoms with Crippen LogP contribution in [0, 0.1) is 11.8 Å². The monoisotopic (exact) mass is 280 g/mol. The summed E-state index contributed by atoms with van der Waals surface area (Å²) in [5.74, 6) is 0.890. The fraction of sp³-hybridized carbons (Fsp3) is 0.800. The van der Waals surface area contributed by atoms with Crippen LogP contribution in [0.4, 0.5) is 18.3 Å². The number of nitrogens with one attached hydrogen (secondary N) is 1. The number of aromatic nitrogens is 2. The number of anilines is 1. The molecule has 8 heteroatoms. The predicted molar refractivity (Wildman–Crippen MR) is 63.3 cm³/mol. The maximum Gasteiger partial charge on any atom is 0.445 e. The highest BCUT2D eigenvalue weighted by molar-refractivity contribution is 7.15. The van der Waals surface area contributed by atoms with Gasteiger partial charge in [0.1, 0.15) is 0 Å². The van der Waals surface area contributed by atoms with Crippen LogP contribution in [0.5, 0.6) is 0 Å². The van der Waals surface area contributed by atoms with E-state index in [4.69, 9.17) is 5.73 Å². The molecule has 1 heterocycles. The Kier molecular flexibility index (Phi) is 4.06. The van der Waals surface area contributed by atoms with Crippen molar-refractivity contribution in [1.82, 2.24) is 10.2 Å². The quantitative estimate of drug-likeness (QED) is 0.888. The van der Waals surface area contributed by atoms with E-state index in [0.29, 0.717) is 36.3 Å². The van der Waals surface area contributed by atoms with Gasteiger partial charge in [-0.05, 0) is 31.2 Å². The molecule has 0 bridgehead atoms. The van der Waals surface area contributed by atoms with Gasteiger partial charge in [0.15, 0.2) is 0 Å². The summed E-state index contributed by atoms with van der Waals surface area (Å²) >= 11 is 0.542. The van der Waals surface area contributed by atoms with Crippen LogP contribution in [0.25, 0.3) is 0 Å². The largest absolute Gasteiger partial charge is 0.445 e. The molecule has 1 aromatic rings. The molecule has 0 aliphatic heterocycles. The molecule has 102 valence electrons. The van der Waals surface area contributed by atoms with Crippen molar-refractivity contribution in [2.75, 3.05) is 18.4 Å². The van der Waals surface area contributed by atoms with Gasteiger partial charge in [-0.3, -0.25) is 0 Å². The average molecular weight is 280 g/mol. The molecule has 0 aromatic carbocycles. The Hall–Kier alpha value is -0.890. The second kappa shape index (κ2) is 5.40. The Bertz CT molecular complexity index is 393. The molecule has 2 unspecified atom stereocenters.